The molecule has 0 aliphatic carbocycles. The molecule has 23 heavy (non-hydrogen) atoms. The predicted molar refractivity (Wildman–Crippen MR) is 89.0 cm³/mol. The van der Waals surface area contributed by atoms with Crippen LogP contribution >= 0.6 is 11.8 Å². The van der Waals surface area contributed by atoms with Gasteiger partial charge in [-0.3, -0.25) is 4.79 Å². The van der Waals surface area contributed by atoms with Crippen molar-refractivity contribution in [1.29, 1.82) is 5.26 Å². The number of furan rings is 1. The van der Waals surface area contributed by atoms with Crippen LogP contribution in [0, 0.1) is 32.1 Å². The van der Waals surface area contributed by atoms with E-state index in [1.165, 1.54) is 11.8 Å². The van der Waals surface area contributed by atoms with Gasteiger partial charge in [0, 0.05) is 5.69 Å². The molecule has 2 heterocycles. The number of nitrogens with zero attached hydrogens (tertiary/aromatic N) is 2. The van der Waals surface area contributed by atoms with Crippen LogP contribution in [-0.4, -0.2) is 16.1 Å². The molecule has 0 spiro atoms. The van der Waals surface area contributed by atoms with E-state index >= 15 is 0 Å². The van der Waals surface area contributed by atoms with Gasteiger partial charge in [0.25, 0.3) is 0 Å². The topological polar surface area (TPSA) is 78.9 Å². The van der Waals surface area contributed by atoms with Crippen molar-refractivity contribution >= 4 is 17.7 Å². The fraction of sp³-hybridized carbons (Fsp3) is 0.353. The van der Waals surface area contributed by atoms with E-state index in [2.05, 4.69) is 16.4 Å². The van der Waals surface area contributed by atoms with E-state index in [-0.39, 0.29) is 11.2 Å². The van der Waals surface area contributed by atoms with E-state index < -0.39 is 0 Å². The summed E-state index contributed by atoms with van der Waals surface area (Å²) in [6.07, 6.45) is 1.57. The first-order chi connectivity index (χ1) is 10.9. The highest BCUT2D eigenvalue weighted by Crippen LogP contribution is 2.29. The summed E-state index contributed by atoms with van der Waals surface area (Å²) in [5.41, 5.74) is 3.36. The van der Waals surface area contributed by atoms with Crippen molar-refractivity contribution in [2.75, 3.05) is 0 Å². The Hall–Kier alpha value is -2.26. The number of thioether (sulfide) groups is 1. The lowest BCUT2D eigenvalue weighted by Gasteiger charge is -2.14. The van der Waals surface area contributed by atoms with Gasteiger partial charge in [0.2, 0.25) is 5.91 Å². The average Bonchev–Trinajstić information content (AvgIpc) is 3.04. The molecule has 0 radical (unpaired) electrons. The Morgan fingerprint density at radius 2 is 2.17 bits per heavy atom. The molecule has 1 atom stereocenters. The first-order valence-corrected chi connectivity index (χ1v) is 8.16. The SMILES string of the molecule is Cc1nc(SC(C)C(=O)NCc2ccco2)c(C#N)c(C)c1C. The van der Waals surface area contributed by atoms with Crippen LogP contribution in [0.3, 0.4) is 0 Å². The van der Waals surface area contributed by atoms with Crippen LogP contribution in [-0.2, 0) is 11.3 Å². The minimum atomic E-state index is -0.355. The number of rotatable bonds is 5. The zero-order valence-electron chi connectivity index (χ0n) is 13.6. The third-order valence-corrected chi connectivity index (χ3v) is 4.84. The molecule has 1 unspecified atom stereocenters. The third-order valence-electron chi connectivity index (χ3n) is 3.75. The maximum Gasteiger partial charge on any atom is 0.233 e. The number of hydrogen-bond donors (Lipinski definition) is 1. The van der Waals surface area contributed by atoms with Crippen molar-refractivity contribution < 1.29 is 9.21 Å². The quantitative estimate of drug-likeness (QED) is 0.852. The number of nitrogens with one attached hydrogen (secondary N) is 1. The van der Waals surface area contributed by atoms with Gasteiger partial charge in [-0.05, 0) is 51.0 Å². The lowest BCUT2D eigenvalue weighted by Crippen LogP contribution is -2.30. The minimum Gasteiger partial charge on any atom is -0.467 e. The number of hydrogen-bond acceptors (Lipinski definition) is 5. The van der Waals surface area contributed by atoms with Crippen molar-refractivity contribution in [3.05, 3.63) is 46.5 Å². The highest BCUT2D eigenvalue weighted by molar-refractivity contribution is 8.00. The summed E-state index contributed by atoms with van der Waals surface area (Å²) in [5, 5.41) is 12.4. The highest BCUT2D eigenvalue weighted by Gasteiger charge is 2.20. The lowest BCUT2D eigenvalue weighted by molar-refractivity contribution is -0.120. The van der Waals surface area contributed by atoms with Crippen LogP contribution in [0.4, 0.5) is 0 Å². The summed E-state index contributed by atoms with van der Waals surface area (Å²) < 4.78 is 5.19. The van der Waals surface area contributed by atoms with Gasteiger partial charge < -0.3 is 9.73 Å². The number of aryl methyl sites for hydroxylation is 1. The van der Waals surface area contributed by atoms with E-state index in [4.69, 9.17) is 4.42 Å². The molecule has 1 N–H and O–H groups in total. The molecule has 0 saturated heterocycles. The number of carbonyl (C=O) groups is 1. The summed E-state index contributed by atoms with van der Waals surface area (Å²) in [6, 6.07) is 5.78. The van der Waals surface area contributed by atoms with Crippen LogP contribution in [0.1, 0.15) is 35.1 Å². The molecule has 2 rings (SSSR count). The van der Waals surface area contributed by atoms with Crippen LogP contribution in [0.15, 0.2) is 27.8 Å². The first-order valence-electron chi connectivity index (χ1n) is 7.28. The van der Waals surface area contributed by atoms with E-state index in [9.17, 15) is 10.1 Å². The monoisotopic (exact) mass is 329 g/mol. The molecule has 1 amide bonds. The maximum absolute atomic E-state index is 12.2. The van der Waals surface area contributed by atoms with Crippen LogP contribution in [0.2, 0.25) is 0 Å². The molecule has 0 aliphatic rings. The van der Waals surface area contributed by atoms with Gasteiger partial charge in [-0.1, -0.05) is 11.8 Å². The first kappa shape index (κ1) is 17.1. The van der Waals surface area contributed by atoms with Crippen LogP contribution < -0.4 is 5.32 Å². The molecule has 0 aliphatic heterocycles. The minimum absolute atomic E-state index is 0.118. The fourth-order valence-corrected chi connectivity index (χ4v) is 3.11. The molecular formula is C17H19N3O2S. The van der Waals surface area contributed by atoms with E-state index in [1.807, 2.05) is 20.8 Å². The summed E-state index contributed by atoms with van der Waals surface area (Å²) in [5.74, 6) is 0.585. The lowest BCUT2D eigenvalue weighted by atomic mass is 10.1. The van der Waals surface area contributed by atoms with Crippen LogP contribution in [0.5, 0.6) is 0 Å². The molecule has 2 aromatic heterocycles. The average molecular weight is 329 g/mol. The van der Waals surface area contributed by atoms with Gasteiger partial charge in [0.1, 0.15) is 16.9 Å². The van der Waals surface area contributed by atoms with Gasteiger partial charge in [-0.15, -0.1) is 0 Å². The normalized spacial score (nSPS) is 11.8. The van der Waals surface area contributed by atoms with Gasteiger partial charge in [-0.25, -0.2) is 4.98 Å². The largest absolute Gasteiger partial charge is 0.467 e. The Kier molecular flexibility index (Phi) is 5.45. The molecule has 6 heteroatoms. The second-order valence-corrected chi connectivity index (χ2v) is 6.63. The smallest absolute Gasteiger partial charge is 0.233 e. The van der Waals surface area contributed by atoms with Crippen molar-refractivity contribution in [3.63, 3.8) is 0 Å². The van der Waals surface area contributed by atoms with Crippen molar-refractivity contribution in [3.8, 4) is 6.07 Å². The summed E-state index contributed by atoms with van der Waals surface area (Å²) in [6.45, 7) is 7.92. The molecule has 5 nitrogen and oxygen atoms in total. The summed E-state index contributed by atoms with van der Waals surface area (Å²) in [4.78, 5) is 16.7. The Balaban J connectivity index is 2.09. The molecule has 120 valence electrons. The number of aromatic nitrogens is 1. The Labute approximate surface area is 140 Å². The molecule has 0 fully saturated rings. The Morgan fingerprint density at radius 3 is 2.78 bits per heavy atom. The molecule has 2 aromatic rings. The maximum atomic E-state index is 12.2. The molecule has 0 aromatic carbocycles. The van der Waals surface area contributed by atoms with Crippen molar-refractivity contribution in [1.82, 2.24) is 10.3 Å². The molecule has 0 saturated carbocycles. The second-order valence-electron chi connectivity index (χ2n) is 5.30. The Morgan fingerprint density at radius 1 is 1.43 bits per heavy atom. The van der Waals surface area contributed by atoms with E-state index in [0.29, 0.717) is 22.9 Å². The van der Waals surface area contributed by atoms with Gasteiger partial charge in [0.15, 0.2) is 0 Å². The molecule has 0 bridgehead atoms. The summed E-state index contributed by atoms with van der Waals surface area (Å²) in [7, 11) is 0. The van der Waals surface area contributed by atoms with Gasteiger partial charge >= 0.3 is 0 Å². The van der Waals surface area contributed by atoms with E-state index in [0.717, 1.165) is 16.8 Å². The summed E-state index contributed by atoms with van der Waals surface area (Å²) >= 11 is 1.30. The zero-order chi connectivity index (χ0) is 17.0. The second kappa shape index (κ2) is 7.34. The number of carbonyl (C=O) groups excluding carboxylic acids is 1. The third kappa shape index (κ3) is 3.93. The number of amides is 1. The Bertz CT molecular complexity index is 748. The van der Waals surface area contributed by atoms with Gasteiger partial charge in [-0.2, -0.15) is 5.26 Å². The van der Waals surface area contributed by atoms with Gasteiger partial charge in [0.05, 0.1) is 23.6 Å². The molecular weight excluding hydrogens is 310 g/mol. The van der Waals surface area contributed by atoms with Crippen LogP contribution in [0.25, 0.3) is 0 Å². The number of pyridine rings is 1. The zero-order valence-corrected chi connectivity index (χ0v) is 14.5. The number of nitriles is 1. The van der Waals surface area contributed by atoms with Crippen molar-refractivity contribution in [2.45, 2.75) is 44.5 Å². The fourth-order valence-electron chi connectivity index (χ4n) is 2.08. The van der Waals surface area contributed by atoms with E-state index in [1.54, 1.807) is 25.3 Å². The predicted octanol–water partition coefficient (Wildman–Crippen LogP) is 3.27. The standard InChI is InChI=1S/C17H19N3O2S/c1-10-11(2)15(8-18)17(20-12(10)3)23-13(4)16(21)19-9-14-6-5-7-22-14/h5-7,13H,9H2,1-4H3,(H,19,21). The highest BCUT2D eigenvalue weighted by atomic mass is 32.2. The van der Waals surface area contributed by atoms with Crippen molar-refractivity contribution in [2.24, 2.45) is 0 Å².